The van der Waals surface area contributed by atoms with E-state index in [4.69, 9.17) is 9.47 Å². The van der Waals surface area contributed by atoms with E-state index < -0.39 is 5.92 Å². The van der Waals surface area contributed by atoms with Crippen molar-refractivity contribution in [1.29, 1.82) is 5.26 Å². The number of benzene rings is 1. The van der Waals surface area contributed by atoms with Crippen LogP contribution >= 0.6 is 0 Å². The molecular weight excluding hydrogens is 268 g/mol. The third-order valence-electron chi connectivity index (χ3n) is 3.62. The van der Waals surface area contributed by atoms with Crippen molar-refractivity contribution in [3.63, 3.8) is 0 Å². The molecule has 0 spiro atoms. The van der Waals surface area contributed by atoms with E-state index in [0.29, 0.717) is 37.8 Å². The largest absolute Gasteiger partial charge is 0.486 e. The van der Waals surface area contributed by atoms with Gasteiger partial charge in [0, 0.05) is 19.5 Å². The van der Waals surface area contributed by atoms with Crippen molar-refractivity contribution >= 4 is 5.91 Å². The fourth-order valence-corrected chi connectivity index (χ4v) is 2.39. The first-order valence-electron chi connectivity index (χ1n) is 7.26. The summed E-state index contributed by atoms with van der Waals surface area (Å²) in [5.74, 6) is 0.876. The molecule has 0 saturated carbocycles. The van der Waals surface area contributed by atoms with Crippen LogP contribution in [0.4, 0.5) is 0 Å². The van der Waals surface area contributed by atoms with Crippen LogP contribution in [0.25, 0.3) is 0 Å². The molecule has 0 aliphatic carbocycles. The van der Waals surface area contributed by atoms with Crippen molar-refractivity contribution in [2.75, 3.05) is 26.3 Å². The molecule has 1 aromatic rings. The predicted octanol–water partition coefficient (Wildman–Crippen LogP) is 2.32. The molecule has 1 heterocycles. The van der Waals surface area contributed by atoms with E-state index in [1.807, 2.05) is 19.9 Å². The van der Waals surface area contributed by atoms with E-state index in [1.165, 1.54) is 0 Å². The van der Waals surface area contributed by atoms with Gasteiger partial charge in [-0.3, -0.25) is 4.79 Å². The van der Waals surface area contributed by atoms with Crippen LogP contribution in [0.2, 0.25) is 0 Å². The Labute approximate surface area is 125 Å². The molecule has 1 aliphatic heterocycles. The molecule has 0 fully saturated rings. The Balaban J connectivity index is 2.14. The Morgan fingerprint density at radius 1 is 1.29 bits per heavy atom. The zero-order chi connectivity index (χ0) is 15.2. The third-order valence-corrected chi connectivity index (χ3v) is 3.62. The van der Waals surface area contributed by atoms with Crippen molar-refractivity contribution in [2.45, 2.75) is 26.2 Å². The minimum absolute atomic E-state index is 0.00133. The van der Waals surface area contributed by atoms with Gasteiger partial charge in [-0.05, 0) is 31.5 Å². The zero-order valence-corrected chi connectivity index (χ0v) is 12.5. The highest BCUT2D eigenvalue weighted by Gasteiger charge is 2.21. The molecule has 0 radical (unpaired) electrons. The average molecular weight is 288 g/mol. The maximum atomic E-state index is 12.2. The summed E-state index contributed by atoms with van der Waals surface area (Å²) in [5.41, 5.74) is 0.794. The van der Waals surface area contributed by atoms with E-state index in [1.54, 1.807) is 17.0 Å². The van der Waals surface area contributed by atoms with Gasteiger partial charge in [-0.2, -0.15) is 5.26 Å². The molecule has 0 aromatic heterocycles. The Morgan fingerprint density at radius 3 is 2.57 bits per heavy atom. The van der Waals surface area contributed by atoms with Crippen LogP contribution in [-0.4, -0.2) is 37.1 Å². The van der Waals surface area contributed by atoms with Crippen molar-refractivity contribution < 1.29 is 14.3 Å². The zero-order valence-electron chi connectivity index (χ0n) is 12.5. The predicted molar refractivity (Wildman–Crippen MR) is 78.3 cm³/mol. The van der Waals surface area contributed by atoms with E-state index in [2.05, 4.69) is 6.07 Å². The molecule has 1 aromatic carbocycles. The Hall–Kier alpha value is -2.22. The fraction of sp³-hybridized carbons (Fsp3) is 0.500. The number of ether oxygens (including phenoxy) is 2. The number of nitrogens with zero attached hydrogens (tertiary/aromatic N) is 2. The highest BCUT2D eigenvalue weighted by atomic mass is 16.6. The highest BCUT2D eigenvalue weighted by Crippen LogP contribution is 2.34. The lowest BCUT2D eigenvalue weighted by Crippen LogP contribution is -2.31. The quantitative estimate of drug-likeness (QED) is 0.834. The van der Waals surface area contributed by atoms with Gasteiger partial charge in [0.05, 0.1) is 12.0 Å². The van der Waals surface area contributed by atoms with E-state index >= 15 is 0 Å². The molecule has 112 valence electrons. The van der Waals surface area contributed by atoms with E-state index in [-0.39, 0.29) is 12.3 Å². The van der Waals surface area contributed by atoms with Crippen LogP contribution in [0.5, 0.6) is 11.5 Å². The lowest BCUT2D eigenvalue weighted by atomic mass is 9.96. The lowest BCUT2D eigenvalue weighted by molar-refractivity contribution is -0.130. The second kappa shape index (κ2) is 6.98. The van der Waals surface area contributed by atoms with Crippen molar-refractivity contribution in [3.05, 3.63) is 23.8 Å². The molecular formula is C16H20N2O3. The number of carbonyl (C=O) groups is 1. The van der Waals surface area contributed by atoms with E-state index in [9.17, 15) is 10.1 Å². The summed E-state index contributed by atoms with van der Waals surface area (Å²) < 4.78 is 11.0. The Morgan fingerprint density at radius 2 is 1.95 bits per heavy atom. The summed E-state index contributed by atoms with van der Waals surface area (Å²) in [5, 5.41) is 9.37. The van der Waals surface area contributed by atoms with Crippen LogP contribution in [0.15, 0.2) is 18.2 Å². The summed E-state index contributed by atoms with van der Waals surface area (Å²) in [4.78, 5) is 13.9. The van der Waals surface area contributed by atoms with Crippen LogP contribution < -0.4 is 9.47 Å². The molecule has 0 N–H and O–H groups in total. The first-order chi connectivity index (χ1) is 10.2. The normalized spacial score (nSPS) is 14.1. The molecule has 0 bridgehead atoms. The molecule has 2 rings (SSSR count). The summed E-state index contributed by atoms with van der Waals surface area (Å²) in [7, 11) is 0. The lowest BCUT2D eigenvalue weighted by Gasteiger charge is -2.22. The van der Waals surface area contributed by atoms with Crippen LogP contribution in [0, 0.1) is 11.3 Å². The van der Waals surface area contributed by atoms with Gasteiger partial charge < -0.3 is 14.4 Å². The number of hydrogen-bond acceptors (Lipinski definition) is 4. The van der Waals surface area contributed by atoms with Crippen LogP contribution in [0.1, 0.15) is 31.7 Å². The molecule has 5 heteroatoms. The number of carbonyl (C=O) groups excluding carboxylic acids is 1. The van der Waals surface area contributed by atoms with Crippen molar-refractivity contribution in [1.82, 2.24) is 4.90 Å². The number of fused-ring (bicyclic) bond motifs is 1. The Kier molecular flexibility index (Phi) is 5.04. The topological polar surface area (TPSA) is 62.6 Å². The minimum Gasteiger partial charge on any atom is -0.486 e. The molecule has 21 heavy (non-hydrogen) atoms. The Bertz CT molecular complexity index is 547. The molecule has 1 amide bonds. The first-order valence-corrected chi connectivity index (χ1v) is 7.26. The number of nitriles is 1. The van der Waals surface area contributed by atoms with Gasteiger partial charge in [0.25, 0.3) is 0 Å². The van der Waals surface area contributed by atoms with Gasteiger partial charge in [0.15, 0.2) is 11.5 Å². The smallest absolute Gasteiger partial charge is 0.224 e. The fourth-order valence-electron chi connectivity index (χ4n) is 2.39. The van der Waals surface area contributed by atoms with Crippen LogP contribution in [0.3, 0.4) is 0 Å². The first kappa shape index (κ1) is 15.2. The molecule has 1 atom stereocenters. The van der Waals surface area contributed by atoms with Gasteiger partial charge in [-0.25, -0.2) is 0 Å². The third kappa shape index (κ3) is 3.46. The summed E-state index contributed by atoms with van der Waals surface area (Å²) >= 11 is 0. The van der Waals surface area contributed by atoms with Gasteiger partial charge in [0.2, 0.25) is 5.91 Å². The molecule has 0 saturated heterocycles. The maximum Gasteiger partial charge on any atom is 0.224 e. The second-order valence-corrected chi connectivity index (χ2v) is 4.85. The molecule has 1 unspecified atom stereocenters. The molecule has 1 aliphatic rings. The summed E-state index contributed by atoms with van der Waals surface area (Å²) in [6, 6.07) is 7.65. The number of amides is 1. The number of hydrogen-bond donors (Lipinski definition) is 0. The van der Waals surface area contributed by atoms with Crippen molar-refractivity contribution in [2.24, 2.45) is 0 Å². The average Bonchev–Trinajstić information content (AvgIpc) is 2.53. The summed E-state index contributed by atoms with van der Waals surface area (Å²) in [6.07, 6.45) is 0.192. The van der Waals surface area contributed by atoms with Gasteiger partial charge in [-0.1, -0.05) is 6.07 Å². The van der Waals surface area contributed by atoms with Gasteiger partial charge in [0.1, 0.15) is 13.2 Å². The monoisotopic (exact) mass is 288 g/mol. The van der Waals surface area contributed by atoms with E-state index in [0.717, 1.165) is 5.56 Å². The highest BCUT2D eigenvalue weighted by molar-refractivity contribution is 5.77. The van der Waals surface area contributed by atoms with Gasteiger partial charge >= 0.3 is 0 Å². The summed E-state index contributed by atoms with van der Waals surface area (Å²) in [6.45, 7) is 6.24. The number of rotatable bonds is 5. The SMILES string of the molecule is CCN(CC)C(=O)CC(C#N)c1ccc2c(c1)OCCO2. The van der Waals surface area contributed by atoms with Crippen LogP contribution in [-0.2, 0) is 4.79 Å². The standard InChI is InChI=1S/C16H20N2O3/c1-3-18(4-2)16(19)10-13(11-17)12-5-6-14-15(9-12)21-8-7-20-14/h5-6,9,13H,3-4,7-8,10H2,1-2H3. The molecule has 5 nitrogen and oxygen atoms in total. The van der Waals surface area contributed by atoms with Gasteiger partial charge in [-0.15, -0.1) is 0 Å². The second-order valence-electron chi connectivity index (χ2n) is 4.85. The van der Waals surface area contributed by atoms with Crippen molar-refractivity contribution in [3.8, 4) is 17.6 Å². The maximum absolute atomic E-state index is 12.2. The minimum atomic E-state index is -0.464.